The van der Waals surface area contributed by atoms with Crippen LogP contribution in [0, 0.1) is 34.9 Å². The molecular formula is C54H44F6O4Si3V. The van der Waals surface area contributed by atoms with Crippen LogP contribution in [0.1, 0.15) is 0 Å². The summed E-state index contributed by atoms with van der Waals surface area (Å²) in [5.74, 6) is -3.24. The third-order valence-corrected chi connectivity index (χ3v) is 39.0. The van der Waals surface area contributed by atoms with Gasteiger partial charge in [0.2, 0.25) is 0 Å². The van der Waals surface area contributed by atoms with Crippen molar-refractivity contribution in [1.29, 1.82) is 0 Å². The van der Waals surface area contributed by atoms with Gasteiger partial charge in [0.25, 0.3) is 0 Å². The largest absolute Gasteiger partial charge is 0.412 e. The van der Waals surface area contributed by atoms with Gasteiger partial charge in [-0.15, -0.1) is 0 Å². The van der Waals surface area contributed by atoms with Crippen molar-refractivity contribution in [3.63, 3.8) is 0 Å². The monoisotopic (exact) mass is 1010 g/mol. The maximum Gasteiger partial charge on any atom is -0.412 e. The van der Waals surface area contributed by atoms with Crippen LogP contribution < -0.4 is 43.9 Å². The Morgan fingerprint density at radius 1 is 0.279 bits per heavy atom. The fourth-order valence-corrected chi connectivity index (χ4v) is 42.0. The van der Waals surface area contributed by atoms with Crippen molar-refractivity contribution in [3.05, 3.63) is 271 Å². The molecular weight excluding hydrogens is 962 g/mol. The van der Waals surface area contributed by atoms with E-state index in [-0.39, 0.29) is 16.0 Å². The zero-order valence-electron chi connectivity index (χ0n) is 36.5. The van der Waals surface area contributed by atoms with Crippen LogP contribution in [0.4, 0.5) is 26.3 Å². The number of hydrogen-bond acceptors (Lipinski definition) is 3. The molecule has 0 heterocycles. The van der Waals surface area contributed by atoms with E-state index in [9.17, 15) is 0 Å². The molecule has 0 radical (unpaired) electrons. The van der Waals surface area contributed by atoms with E-state index in [4.69, 9.17) is 10.1 Å². The molecule has 4 nitrogen and oxygen atoms in total. The Bertz CT molecular complexity index is 2670. The minimum absolute atomic E-state index is 0. The van der Waals surface area contributed by atoms with Crippen LogP contribution in [-0.2, 0) is 22.9 Å². The van der Waals surface area contributed by atoms with Gasteiger partial charge in [0, 0.05) is 0 Å². The molecule has 0 saturated heterocycles. The first-order chi connectivity index (χ1) is 32.4. The summed E-state index contributed by atoms with van der Waals surface area (Å²) in [6, 6.07) is 62.8. The Kier molecular flexibility index (Phi) is 13.2. The second-order valence-corrected chi connectivity index (χ2v) is 33.2. The minimum atomic E-state index is -7.69. The Labute approximate surface area is 395 Å². The van der Waals surface area contributed by atoms with Crippen molar-refractivity contribution in [2.45, 2.75) is 0 Å². The summed E-state index contributed by atoms with van der Waals surface area (Å²) < 4.78 is 119. The number of benzene rings is 9. The molecule has 9 aromatic carbocycles. The number of rotatable bonds is 14. The van der Waals surface area contributed by atoms with E-state index < -0.39 is 64.4 Å². The maximum atomic E-state index is 15.4. The Balaban J connectivity index is 0.00000625. The molecule has 0 bridgehead atoms. The van der Waals surface area contributed by atoms with Crippen molar-refractivity contribution in [2.24, 2.45) is 0 Å². The smallest absolute Gasteiger partial charge is 0.412 e. The summed E-state index contributed by atoms with van der Waals surface area (Å²) in [4.78, 5) is 0. The first-order valence-corrected chi connectivity index (χ1v) is 29.8. The van der Waals surface area contributed by atoms with Crippen molar-refractivity contribution in [1.82, 2.24) is 0 Å². The van der Waals surface area contributed by atoms with Crippen molar-refractivity contribution in [3.8, 4) is 0 Å². The van der Waals surface area contributed by atoms with E-state index in [0.717, 1.165) is 0 Å². The molecule has 0 unspecified atom stereocenters. The average Bonchev–Trinajstić information content (AvgIpc) is 3.37. The normalized spacial score (nSPS) is 13.0. The van der Waals surface area contributed by atoms with Crippen LogP contribution in [0.2, 0.25) is 0 Å². The summed E-state index contributed by atoms with van der Waals surface area (Å²) in [5, 5.41) is 2.75. The van der Waals surface area contributed by atoms with E-state index in [0.29, 0.717) is 43.9 Å². The van der Waals surface area contributed by atoms with Gasteiger partial charge >= 0.3 is 392 Å². The zero-order valence-corrected chi connectivity index (χ0v) is 41.9. The third kappa shape index (κ3) is 7.56. The Morgan fingerprint density at radius 2 is 0.456 bits per heavy atom. The van der Waals surface area contributed by atoms with Gasteiger partial charge < -0.3 is 5.48 Å². The van der Waals surface area contributed by atoms with Crippen LogP contribution in [0.15, 0.2) is 237 Å². The Hall–Kier alpha value is -6.36. The zero-order chi connectivity index (χ0) is 46.8. The molecule has 0 aliphatic carbocycles. The van der Waals surface area contributed by atoms with E-state index in [1.807, 2.05) is 91.0 Å². The number of halogens is 6. The molecule has 0 aromatic heterocycles. The van der Waals surface area contributed by atoms with Crippen molar-refractivity contribution >= 4 is 71.1 Å². The molecule has 2 N–H and O–H groups in total. The van der Waals surface area contributed by atoms with Gasteiger partial charge in [0.05, 0.1) is 0 Å². The molecule has 0 fully saturated rings. The molecule has 0 atom stereocenters. The third-order valence-electron chi connectivity index (χ3n) is 12.6. The quantitative estimate of drug-likeness (QED) is 0.0811. The summed E-state index contributed by atoms with van der Waals surface area (Å²) in [6.07, 6.45) is 0. The summed E-state index contributed by atoms with van der Waals surface area (Å²) in [5.41, 5.74) is 0. The van der Waals surface area contributed by atoms with E-state index >= 15 is 26.3 Å². The second kappa shape index (κ2) is 18.6. The van der Waals surface area contributed by atoms with E-state index in [2.05, 4.69) is 0 Å². The predicted molar refractivity (Wildman–Crippen MR) is 263 cm³/mol. The molecule has 68 heavy (non-hydrogen) atoms. The van der Waals surface area contributed by atoms with Gasteiger partial charge in [0.1, 0.15) is 0 Å². The molecule has 9 aromatic rings. The first-order valence-electron chi connectivity index (χ1n) is 21.3. The molecule has 343 valence electrons. The van der Waals surface area contributed by atoms with Crippen molar-refractivity contribution in [2.75, 3.05) is 0 Å². The van der Waals surface area contributed by atoms with Crippen molar-refractivity contribution < 1.29 is 54.7 Å². The van der Waals surface area contributed by atoms with Crippen LogP contribution in [0.5, 0.6) is 0 Å². The fraction of sp³-hybridized carbons (Fsp3) is 0. The first kappa shape index (κ1) is 48.1. The van der Waals surface area contributed by atoms with Crippen LogP contribution in [0.3, 0.4) is 0 Å². The van der Waals surface area contributed by atoms with Gasteiger partial charge in [-0.3, -0.25) is 0 Å². The molecule has 0 aliphatic heterocycles. The topological polar surface area (TPSA) is 59.2 Å². The summed E-state index contributed by atoms with van der Waals surface area (Å²) in [6.45, 7) is 0. The molecule has 0 amide bonds. The van der Waals surface area contributed by atoms with E-state index in [1.54, 1.807) is 72.8 Å². The van der Waals surface area contributed by atoms with Crippen LogP contribution in [-0.4, -0.2) is 32.6 Å². The molecule has 0 spiro atoms. The number of hydrogen-bond donors (Lipinski definition) is 0. The average molecular weight is 1010 g/mol. The van der Waals surface area contributed by atoms with Crippen LogP contribution >= 0.6 is 0 Å². The summed E-state index contributed by atoms with van der Waals surface area (Å²) >= 11 is -7.69. The van der Waals surface area contributed by atoms with E-state index in [1.165, 1.54) is 72.8 Å². The predicted octanol–water partition coefficient (Wildman–Crippen LogP) is 5.61. The molecule has 9 rings (SSSR count). The SMILES string of the molecule is Fc1ccc([Si]([O][V]([O][SiH3])([O][Si](c2ccc(F)cc2)(c2ccc(F)cc2)c2ccc(F)cc2)([c]2ccccc2)([c]2ccccc2)[c]2ccccc2)(c2ccc(F)cc2)c2ccc(F)cc2)cc1.O. The van der Waals surface area contributed by atoms with Gasteiger partial charge in [-0.25, -0.2) is 0 Å². The minimum Gasteiger partial charge on any atom is -0.412 e. The van der Waals surface area contributed by atoms with Crippen LogP contribution in [0.25, 0.3) is 0 Å². The molecule has 0 saturated carbocycles. The molecule has 14 heteroatoms. The Morgan fingerprint density at radius 3 is 0.618 bits per heavy atom. The molecule has 0 aliphatic rings. The fourth-order valence-electron chi connectivity index (χ4n) is 9.51. The standard InChI is InChI=1S/2C18H12F3OSi.3C6H5.H3OSi.H2O.V/c2*19-13-1-7-16(8-2-13)23(22,17-9-3-14(20)4-10-17)18-11-5-15(21)6-12-18;3*1-2-4-6-5-3-1;1-2;;/h2*1-12H;3*1-5H;2H3;1H2;/q2*-1;;;;-1;;+3. The maximum absolute atomic E-state index is 15.4. The van der Waals surface area contributed by atoms with Gasteiger partial charge in [-0.05, 0) is 0 Å². The second-order valence-electron chi connectivity index (χ2n) is 16.2. The van der Waals surface area contributed by atoms with Gasteiger partial charge in [0.15, 0.2) is 0 Å². The van der Waals surface area contributed by atoms with Gasteiger partial charge in [-0.2, -0.15) is 0 Å². The summed E-state index contributed by atoms with van der Waals surface area (Å²) in [7, 11) is -9.29. The van der Waals surface area contributed by atoms with Gasteiger partial charge in [-0.1, -0.05) is 0 Å².